The molecule has 0 unspecified atom stereocenters. The predicted molar refractivity (Wildman–Crippen MR) is 103 cm³/mol. The second-order valence-electron chi connectivity index (χ2n) is 7.04. The van der Waals surface area contributed by atoms with Gasteiger partial charge in [-0.2, -0.15) is 5.10 Å². The van der Waals surface area contributed by atoms with E-state index < -0.39 is 17.2 Å². The molecule has 0 saturated heterocycles. The number of aromatic nitrogens is 5. The van der Waals surface area contributed by atoms with Gasteiger partial charge in [0.05, 0.1) is 6.54 Å². The summed E-state index contributed by atoms with van der Waals surface area (Å²) in [6.07, 6.45) is 4.12. The first kappa shape index (κ1) is 19.0. The van der Waals surface area contributed by atoms with E-state index in [1.165, 1.54) is 22.9 Å². The smallest absolute Gasteiger partial charge is 0.276 e. The molecule has 3 aromatic rings. The largest absolute Gasteiger partial charge is 0.343 e. The number of amides is 1. The molecule has 9 heteroatoms. The topological polar surface area (TPSA) is 94.7 Å². The summed E-state index contributed by atoms with van der Waals surface area (Å²) < 4.78 is 17.4. The Morgan fingerprint density at radius 2 is 2.03 bits per heavy atom. The van der Waals surface area contributed by atoms with Crippen LogP contribution in [0.2, 0.25) is 0 Å². The van der Waals surface area contributed by atoms with Gasteiger partial charge < -0.3 is 9.88 Å². The van der Waals surface area contributed by atoms with Gasteiger partial charge in [0.25, 0.3) is 5.91 Å². The second kappa shape index (κ2) is 7.94. The van der Waals surface area contributed by atoms with Gasteiger partial charge in [0.2, 0.25) is 5.43 Å². The van der Waals surface area contributed by atoms with Crippen LogP contribution in [-0.2, 0) is 19.5 Å². The first-order chi connectivity index (χ1) is 14.0. The van der Waals surface area contributed by atoms with Crippen LogP contribution in [0.1, 0.15) is 47.1 Å². The maximum Gasteiger partial charge on any atom is 0.276 e. The fourth-order valence-corrected chi connectivity index (χ4v) is 3.49. The monoisotopic (exact) mass is 396 g/mol. The van der Waals surface area contributed by atoms with E-state index in [0.717, 1.165) is 38.1 Å². The maximum absolute atomic E-state index is 14.2. The van der Waals surface area contributed by atoms with E-state index in [1.807, 2.05) is 4.57 Å². The minimum atomic E-state index is -0.633. The number of fused-ring (bicyclic) bond motifs is 1. The maximum atomic E-state index is 14.2. The van der Waals surface area contributed by atoms with Crippen molar-refractivity contribution < 1.29 is 9.18 Å². The van der Waals surface area contributed by atoms with Crippen LogP contribution in [-0.4, -0.2) is 30.5 Å². The Kier molecular flexibility index (Phi) is 5.20. The first-order valence-corrected chi connectivity index (χ1v) is 9.59. The van der Waals surface area contributed by atoms with Crippen LogP contribution in [0.15, 0.2) is 35.1 Å². The van der Waals surface area contributed by atoms with E-state index >= 15 is 0 Å². The van der Waals surface area contributed by atoms with E-state index in [1.54, 1.807) is 19.1 Å². The molecule has 29 heavy (non-hydrogen) atoms. The van der Waals surface area contributed by atoms with Gasteiger partial charge in [-0.05, 0) is 31.9 Å². The summed E-state index contributed by atoms with van der Waals surface area (Å²) in [5.41, 5.74) is -0.219. The van der Waals surface area contributed by atoms with Crippen LogP contribution < -0.4 is 10.7 Å². The highest BCUT2D eigenvalue weighted by Gasteiger charge is 2.19. The van der Waals surface area contributed by atoms with Crippen molar-refractivity contribution in [3.63, 3.8) is 0 Å². The zero-order chi connectivity index (χ0) is 20.4. The highest BCUT2D eigenvalue weighted by Crippen LogP contribution is 2.15. The Hall–Kier alpha value is -3.36. The third-order valence-electron chi connectivity index (χ3n) is 5.00. The van der Waals surface area contributed by atoms with Crippen LogP contribution in [0.4, 0.5) is 4.39 Å². The van der Waals surface area contributed by atoms with E-state index in [9.17, 15) is 14.0 Å². The SMILES string of the molecule is Cc1cc(=O)c(C(=O)NCc2nnc3n2CCCCC3)nn1-c1ccccc1F. The lowest BCUT2D eigenvalue weighted by Crippen LogP contribution is -2.32. The van der Waals surface area contributed by atoms with Crippen LogP contribution in [0.25, 0.3) is 5.69 Å². The highest BCUT2D eigenvalue weighted by molar-refractivity contribution is 5.91. The Balaban J connectivity index is 1.58. The van der Waals surface area contributed by atoms with E-state index in [2.05, 4.69) is 20.6 Å². The minimum Gasteiger partial charge on any atom is -0.343 e. The average molecular weight is 396 g/mol. The molecular formula is C20H21FN6O2. The lowest BCUT2D eigenvalue weighted by molar-refractivity contribution is 0.0941. The van der Waals surface area contributed by atoms with Gasteiger partial charge in [-0.25, -0.2) is 9.07 Å². The molecule has 0 radical (unpaired) electrons. The minimum absolute atomic E-state index is 0.139. The molecule has 0 spiro atoms. The molecule has 1 amide bonds. The van der Waals surface area contributed by atoms with Crippen LogP contribution in [0.3, 0.4) is 0 Å². The first-order valence-electron chi connectivity index (χ1n) is 9.59. The summed E-state index contributed by atoms with van der Waals surface area (Å²) in [7, 11) is 0. The van der Waals surface area contributed by atoms with Crippen molar-refractivity contribution in [2.24, 2.45) is 0 Å². The molecule has 0 atom stereocenters. The Morgan fingerprint density at radius 3 is 2.86 bits per heavy atom. The van der Waals surface area contributed by atoms with Crippen molar-refractivity contribution in [1.82, 2.24) is 29.9 Å². The molecule has 0 aliphatic carbocycles. The molecular weight excluding hydrogens is 375 g/mol. The number of halogens is 1. The van der Waals surface area contributed by atoms with Gasteiger partial charge in [0, 0.05) is 24.7 Å². The number of carbonyl (C=O) groups is 1. The molecule has 1 aromatic carbocycles. The number of hydrogen-bond donors (Lipinski definition) is 1. The number of para-hydroxylation sites is 1. The molecule has 1 aliphatic heterocycles. The van der Waals surface area contributed by atoms with Gasteiger partial charge in [-0.3, -0.25) is 9.59 Å². The lowest BCUT2D eigenvalue weighted by Gasteiger charge is -2.12. The Morgan fingerprint density at radius 1 is 1.21 bits per heavy atom. The van der Waals surface area contributed by atoms with Crippen LogP contribution >= 0.6 is 0 Å². The van der Waals surface area contributed by atoms with Crippen LogP contribution in [0.5, 0.6) is 0 Å². The van der Waals surface area contributed by atoms with Crippen LogP contribution in [0, 0.1) is 12.7 Å². The summed E-state index contributed by atoms with van der Waals surface area (Å²) >= 11 is 0. The molecule has 4 rings (SSSR count). The number of carbonyl (C=O) groups excluding carboxylic acids is 1. The van der Waals surface area contributed by atoms with Crippen molar-refractivity contribution in [3.05, 3.63) is 69.4 Å². The number of nitrogens with one attached hydrogen (secondary N) is 1. The third kappa shape index (κ3) is 3.80. The lowest BCUT2D eigenvalue weighted by atomic mass is 10.2. The van der Waals surface area contributed by atoms with E-state index in [-0.39, 0.29) is 17.9 Å². The standard InChI is InChI=1S/C20H21FN6O2/c1-13-11-16(28)19(25-27(13)15-8-5-4-7-14(15)21)20(29)22-12-18-24-23-17-9-3-2-6-10-26(17)18/h4-5,7-8,11H,2-3,6,9-10,12H2,1H3,(H,22,29). The number of benzene rings is 1. The molecule has 8 nitrogen and oxygen atoms in total. The third-order valence-corrected chi connectivity index (χ3v) is 5.00. The van der Waals surface area contributed by atoms with Crippen molar-refractivity contribution in [3.8, 4) is 5.69 Å². The second-order valence-corrected chi connectivity index (χ2v) is 7.04. The Labute approximate surface area is 166 Å². The summed E-state index contributed by atoms with van der Waals surface area (Å²) in [5.74, 6) is 0.439. The number of hydrogen-bond acceptors (Lipinski definition) is 5. The fraction of sp³-hybridized carbons (Fsp3) is 0.350. The van der Waals surface area contributed by atoms with Gasteiger partial charge in [0.1, 0.15) is 17.3 Å². The molecule has 0 bridgehead atoms. The highest BCUT2D eigenvalue weighted by atomic mass is 19.1. The molecule has 3 heterocycles. The zero-order valence-corrected chi connectivity index (χ0v) is 16.1. The van der Waals surface area contributed by atoms with Gasteiger partial charge in [0.15, 0.2) is 11.5 Å². The molecule has 2 aromatic heterocycles. The molecule has 0 saturated carbocycles. The number of nitrogens with zero attached hydrogens (tertiary/aromatic N) is 5. The quantitative estimate of drug-likeness (QED) is 0.727. The number of rotatable bonds is 4. The van der Waals surface area contributed by atoms with Crippen molar-refractivity contribution in [1.29, 1.82) is 0 Å². The summed E-state index contributed by atoms with van der Waals surface area (Å²) in [4.78, 5) is 25.0. The molecule has 1 aliphatic rings. The van der Waals surface area contributed by atoms with Crippen molar-refractivity contribution >= 4 is 5.91 Å². The summed E-state index contributed by atoms with van der Waals surface area (Å²) in [5, 5.41) is 15.2. The molecule has 1 N–H and O–H groups in total. The van der Waals surface area contributed by atoms with Gasteiger partial charge in [-0.15, -0.1) is 10.2 Å². The molecule has 0 fully saturated rings. The summed E-state index contributed by atoms with van der Waals surface area (Å²) in [6, 6.07) is 7.33. The van der Waals surface area contributed by atoms with Crippen molar-refractivity contribution in [2.45, 2.75) is 45.7 Å². The fourth-order valence-electron chi connectivity index (χ4n) is 3.49. The normalized spacial score (nSPS) is 13.6. The number of aryl methyl sites for hydroxylation is 2. The van der Waals surface area contributed by atoms with E-state index in [0.29, 0.717) is 11.5 Å². The van der Waals surface area contributed by atoms with E-state index in [4.69, 9.17) is 0 Å². The summed E-state index contributed by atoms with van der Waals surface area (Å²) in [6.45, 7) is 2.59. The Bertz CT molecular complexity index is 1120. The van der Waals surface area contributed by atoms with Gasteiger partial charge >= 0.3 is 0 Å². The van der Waals surface area contributed by atoms with Crippen molar-refractivity contribution in [2.75, 3.05) is 0 Å². The van der Waals surface area contributed by atoms with Gasteiger partial charge in [-0.1, -0.05) is 18.6 Å². The zero-order valence-electron chi connectivity index (χ0n) is 16.1. The predicted octanol–water partition coefficient (Wildman–Crippen LogP) is 1.93. The average Bonchev–Trinajstić information content (AvgIpc) is 2.93. The molecule has 150 valence electrons.